The maximum Gasteiger partial charge on any atom is 0.471 e. The highest BCUT2D eigenvalue weighted by atomic mass is 19.4. The summed E-state index contributed by atoms with van der Waals surface area (Å²) >= 11 is 0. The second kappa shape index (κ2) is 9.28. The predicted molar refractivity (Wildman–Crippen MR) is 106 cm³/mol. The van der Waals surface area contributed by atoms with Crippen LogP contribution >= 0.6 is 0 Å². The fourth-order valence-corrected chi connectivity index (χ4v) is 3.85. The smallest absolute Gasteiger partial charge is 0.350 e. The van der Waals surface area contributed by atoms with E-state index in [0.29, 0.717) is 10.9 Å². The van der Waals surface area contributed by atoms with Gasteiger partial charge in [-0.1, -0.05) is 19.9 Å². The Balaban J connectivity index is 1.72. The number of likely N-dealkylation sites (tertiary alicyclic amines) is 1. The van der Waals surface area contributed by atoms with Gasteiger partial charge in [-0.2, -0.15) is 13.2 Å². The van der Waals surface area contributed by atoms with E-state index in [9.17, 15) is 36.3 Å². The molecule has 1 aliphatic rings. The molecule has 2 heterocycles. The molecule has 1 saturated heterocycles. The molecule has 3 atom stereocenters. The van der Waals surface area contributed by atoms with E-state index in [0.717, 1.165) is 17.2 Å². The topological polar surface area (TPSA) is 91.4 Å². The number of carbonyl (C=O) groups excluding carboxylic acids is 3. The van der Waals surface area contributed by atoms with Gasteiger partial charge in [-0.15, -0.1) is 0 Å². The summed E-state index contributed by atoms with van der Waals surface area (Å²) < 4.78 is 64.6. The first-order valence-electron chi connectivity index (χ1n) is 10.0. The number of fused-ring (bicyclic) bond motifs is 1. The van der Waals surface area contributed by atoms with Gasteiger partial charge in [-0.05, 0) is 28.9 Å². The van der Waals surface area contributed by atoms with Crippen LogP contribution < -0.4 is 10.6 Å². The van der Waals surface area contributed by atoms with Crippen molar-refractivity contribution >= 4 is 28.5 Å². The van der Waals surface area contributed by atoms with Crippen LogP contribution in [0.25, 0.3) is 10.8 Å². The molecule has 0 aliphatic carbocycles. The second-order valence-corrected chi connectivity index (χ2v) is 7.98. The van der Waals surface area contributed by atoms with Gasteiger partial charge in [0.25, 0.3) is 0 Å². The number of halogens is 5. The van der Waals surface area contributed by atoms with Gasteiger partial charge in [0.1, 0.15) is 6.04 Å². The molecule has 3 amide bonds. The third-order valence-electron chi connectivity index (χ3n) is 5.83. The third-order valence-corrected chi connectivity index (χ3v) is 5.83. The Kier molecular flexibility index (Phi) is 6.84. The van der Waals surface area contributed by atoms with Crippen LogP contribution in [0.4, 0.5) is 22.0 Å². The molecular formula is C21H21F5N4O3. The summed E-state index contributed by atoms with van der Waals surface area (Å²) in [4.78, 5) is 41.4. The van der Waals surface area contributed by atoms with Crippen LogP contribution in [0.2, 0.25) is 0 Å². The molecule has 0 radical (unpaired) electrons. The number of pyridine rings is 1. The molecule has 1 fully saturated rings. The fourth-order valence-electron chi connectivity index (χ4n) is 3.85. The molecule has 12 heteroatoms. The summed E-state index contributed by atoms with van der Waals surface area (Å²) in [5.74, 6) is -6.18. The van der Waals surface area contributed by atoms with Crippen molar-refractivity contribution in [1.82, 2.24) is 20.5 Å². The number of hydrogen-bond donors (Lipinski definition) is 2. The Labute approximate surface area is 185 Å². The fraction of sp³-hybridized carbons (Fsp3) is 0.429. The van der Waals surface area contributed by atoms with E-state index < -0.39 is 48.1 Å². The van der Waals surface area contributed by atoms with Crippen molar-refractivity contribution in [3.05, 3.63) is 41.7 Å². The number of rotatable bonds is 5. The van der Waals surface area contributed by atoms with Crippen LogP contribution in [-0.2, 0) is 20.9 Å². The second-order valence-electron chi connectivity index (χ2n) is 7.98. The lowest BCUT2D eigenvalue weighted by Crippen LogP contribution is -2.51. The predicted octanol–water partition coefficient (Wildman–Crippen LogP) is 2.29. The molecular weight excluding hydrogens is 451 g/mol. The van der Waals surface area contributed by atoms with Gasteiger partial charge in [0.15, 0.2) is 11.6 Å². The minimum atomic E-state index is -5.13. The molecule has 2 aromatic rings. The number of nitrogens with one attached hydrogen (secondary N) is 2. The lowest BCUT2D eigenvalue weighted by molar-refractivity contribution is -0.174. The van der Waals surface area contributed by atoms with Gasteiger partial charge in [0, 0.05) is 30.9 Å². The molecule has 3 rings (SSSR count). The highest BCUT2D eigenvalue weighted by Crippen LogP contribution is 2.30. The van der Waals surface area contributed by atoms with Gasteiger partial charge in [-0.25, -0.2) is 8.78 Å². The first-order chi connectivity index (χ1) is 15.4. The highest BCUT2D eigenvalue weighted by Gasteiger charge is 2.44. The molecule has 0 bridgehead atoms. The Morgan fingerprint density at radius 3 is 2.45 bits per heavy atom. The standard InChI is InChI=1S/C21H21F5N4O3/c1-10-9-30(16(31)8-29-20(33)21(24,25)26)18(11(10)2)19(32)28-6-12-5-27-7-14-13(12)3-4-15(22)17(14)23/h3-5,7,10-11,18H,6,8-9H2,1-2H3,(H,28,32)(H,29,33). The van der Waals surface area contributed by atoms with E-state index in [2.05, 4.69) is 10.3 Å². The minimum Gasteiger partial charge on any atom is -0.350 e. The van der Waals surface area contributed by atoms with E-state index in [-0.39, 0.29) is 30.3 Å². The Bertz CT molecular complexity index is 1090. The van der Waals surface area contributed by atoms with Crippen molar-refractivity contribution in [2.24, 2.45) is 11.8 Å². The maximum absolute atomic E-state index is 14.0. The van der Waals surface area contributed by atoms with E-state index in [1.54, 1.807) is 13.8 Å². The largest absolute Gasteiger partial charge is 0.471 e. The summed E-state index contributed by atoms with van der Waals surface area (Å²) in [5.41, 5.74) is 0.411. The van der Waals surface area contributed by atoms with Crippen molar-refractivity contribution < 1.29 is 36.3 Å². The molecule has 0 saturated carbocycles. The molecule has 178 valence electrons. The van der Waals surface area contributed by atoms with Gasteiger partial charge < -0.3 is 15.5 Å². The monoisotopic (exact) mass is 472 g/mol. The Hall–Kier alpha value is -3.31. The van der Waals surface area contributed by atoms with E-state index in [1.807, 2.05) is 0 Å². The number of hydrogen-bond acceptors (Lipinski definition) is 4. The molecule has 1 aromatic carbocycles. The van der Waals surface area contributed by atoms with E-state index >= 15 is 0 Å². The van der Waals surface area contributed by atoms with Crippen molar-refractivity contribution in [2.45, 2.75) is 32.6 Å². The van der Waals surface area contributed by atoms with Gasteiger partial charge in [0.05, 0.1) is 6.54 Å². The number of carbonyl (C=O) groups is 3. The molecule has 3 unspecified atom stereocenters. The number of benzene rings is 1. The molecule has 0 spiro atoms. The lowest BCUT2D eigenvalue weighted by atomic mass is 9.93. The van der Waals surface area contributed by atoms with Crippen LogP contribution in [0.15, 0.2) is 24.5 Å². The number of nitrogens with zero attached hydrogens (tertiary/aromatic N) is 2. The average molecular weight is 472 g/mol. The Morgan fingerprint density at radius 2 is 1.79 bits per heavy atom. The number of alkyl halides is 3. The summed E-state index contributed by atoms with van der Waals surface area (Å²) in [6.07, 6.45) is -2.58. The lowest BCUT2D eigenvalue weighted by Gasteiger charge is -2.26. The van der Waals surface area contributed by atoms with Crippen molar-refractivity contribution in [3.63, 3.8) is 0 Å². The van der Waals surface area contributed by atoms with Gasteiger partial charge in [-0.3, -0.25) is 19.4 Å². The zero-order valence-electron chi connectivity index (χ0n) is 17.7. The highest BCUT2D eigenvalue weighted by molar-refractivity contribution is 5.92. The molecule has 1 aliphatic heterocycles. The zero-order chi connectivity index (χ0) is 24.5. The summed E-state index contributed by atoms with van der Waals surface area (Å²) in [6.45, 7) is 2.64. The molecule has 2 N–H and O–H groups in total. The summed E-state index contributed by atoms with van der Waals surface area (Å²) in [6, 6.07) is 1.34. The van der Waals surface area contributed by atoms with Crippen LogP contribution in [0.5, 0.6) is 0 Å². The van der Waals surface area contributed by atoms with Crippen LogP contribution in [0, 0.1) is 23.5 Å². The minimum absolute atomic E-state index is 0.0539. The maximum atomic E-state index is 14.0. The normalized spacial score (nSPS) is 20.7. The molecule has 33 heavy (non-hydrogen) atoms. The van der Waals surface area contributed by atoms with Gasteiger partial charge in [0.2, 0.25) is 11.8 Å². The van der Waals surface area contributed by atoms with Crippen LogP contribution in [0.3, 0.4) is 0 Å². The first-order valence-corrected chi connectivity index (χ1v) is 10.0. The average Bonchev–Trinajstić information content (AvgIpc) is 3.06. The Morgan fingerprint density at radius 1 is 1.09 bits per heavy atom. The van der Waals surface area contributed by atoms with E-state index in [4.69, 9.17) is 0 Å². The van der Waals surface area contributed by atoms with Crippen LogP contribution in [0.1, 0.15) is 19.4 Å². The quantitative estimate of drug-likeness (QED) is 0.654. The zero-order valence-corrected chi connectivity index (χ0v) is 17.7. The summed E-state index contributed by atoms with van der Waals surface area (Å²) in [5, 5.41) is 4.44. The van der Waals surface area contributed by atoms with Crippen LogP contribution in [-0.4, -0.2) is 52.9 Å². The SMILES string of the molecule is CC1CN(C(=O)CNC(=O)C(F)(F)F)C(C(=O)NCc2cncc3c(F)c(F)ccc23)C1C. The van der Waals surface area contributed by atoms with Crippen molar-refractivity contribution in [2.75, 3.05) is 13.1 Å². The summed E-state index contributed by atoms with van der Waals surface area (Å²) in [7, 11) is 0. The number of amides is 3. The van der Waals surface area contributed by atoms with Gasteiger partial charge >= 0.3 is 12.1 Å². The van der Waals surface area contributed by atoms with Crippen molar-refractivity contribution in [3.8, 4) is 0 Å². The van der Waals surface area contributed by atoms with E-state index in [1.165, 1.54) is 17.6 Å². The third kappa shape index (κ3) is 5.04. The molecule has 7 nitrogen and oxygen atoms in total. The van der Waals surface area contributed by atoms with Crippen molar-refractivity contribution in [1.29, 1.82) is 0 Å². The first kappa shape index (κ1) is 24.3. The molecule has 1 aromatic heterocycles. The number of aromatic nitrogens is 1.